The predicted molar refractivity (Wildman–Crippen MR) is 96.9 cm³/mol. The van der Waals surface area contributed by atoms with Crippen molar-refractivity contribution < 1.29 is 4.79 Å². The predicted octanol–water partition coefficient (Wildman–Crippen LogP) is 2.42. The summed E-state index contributed by atoms with van der Waals surface area (Å²) in [6.45, 7) is 8.16. The van der Waals surface area contributed by atoms with E-state index in [4.69, 9.17) is 0 Å². The molecule has 0 spiro atoms. The summed E-state index contributed by atoms with van der Waals surface area (Å²) < 4.78 is 0. The van der Waals surface area contributed by atoms with Crippen molar-refractivity contribution in [3.05, 3.63) is 0 Å². The molecule has 1 heterocycles. The Morgan fingerprint density at radius 1 is 1.30 bits per heavy atom. The third-order valence-corrected chi connectivity index (χ3v) is 6.23. The molecule has 2 bridgehead atoms. The van der Waals surface area contributed by atoms with Crippen LogP contribution in [0.1, 0.15) is 52.4 Å². The van der Waals surface area contributed by atoms with Crippen molar-refractivity contribution >= 4 is 18.3 Å². The summed E-state index contributed by atoms with van der Waals surface area (Å²) in [6, 6.07) is 0.900. The summed E-state index contributed by atoms with van der Waals surface area (Å²) in [5, 5.41) is 6.73. The maximum Gasteiger partial charge on any atom is 0.234 e. The van der Waals surface area contributed by atoms with Crippen LogP contribution in [-0.4, -0.2) is 49.1 Å². The lowest BCUT2D eigenvalue weighted by atomic mass is 9.84. The summed E-state index contributed by atoms with van der Waals surface area (Å²) in [5.74, 6) is 2.80. The van der Waals surface area contributed by atoms with Crippen LogP contribution in [0, 0.1) is 17.8 Å². The average Bonchev–Trinajstić information content (AvgIpc) is 3.23. The Balaban J connectivity index is 0.00000192. The first-order valence-corrected chi connectivity index (χ1v) is 9.41. The topological polar surface area (TPSA) is 44.4 Å². The van der Waals surface area contributed by atoms with Gasteiger partial charge in [0.25, 0.3) is 0 Å². The fraction of sp³-hybridized carbons (Fsp3) is 0.944. The molecule has 3 rings (SSSR count). The Hall–Kier alpha value is -0.320. The Morgan fingerprint density at radius 3 is 2.70 bits per heavy atom. The largest absolute Gasteiger partial charge is 0.352 e. The van der Waals surface area contributed by atoms with Crippen molar-refractivity contribution in [3.63, 3.8) is 0 Å². The molecule has 0 aromatic carbocycles. The summed E-state index contributed by atoms with van der Waals surface area (Å²) >= 11 is 0. The van der Waals surface area contributed by atoms with Crippen LogP contribution in [-0.2, 0) is 4.79 Å². The molecule has 2 aliphatic carbocycles. The molecule has 3 fully saturated rings. The standard InChI is InChI=1S/C18H33N3O.ClH/c1-3-8-21(16-6-7-19-11-16)12-18(22)20-13(2)17-10-14-4-5-15(17)9-14;/h13-17,19H,3-12H2,1-2H3,(H,20,22);1H. The molecule has 0 aromatic rings. The van der Waals surface area contributed by atoms with Gasteiger partial charge in [-0.05, 0) is 69.9 Å². The van der Waals surface area contributed by atoms with E-state index in [0.29, 0.717) is 18.6 Å². The van der Waals surface area contributed by atoms with Gasteiger partial charge in [-0.25, -0.2) is 0 Å². The van der Waals surface area contributed by atoms with E-state index in [1.165, 1.54) is 32.1 Å². The molecule has 2 saturated carbocycles. The molecule has 3 aliphatic rings. The lowest BCUT2D eigenvalue weighted by Crippen LogP contribution is -2.48. The van der Waals surface area contributed by atoms with Crippen LogP contribution >= 0.6 is 12.4 Å². The Bertz CT molecular complexity index is 386. The quantitative estimate of drug-likeness (QED) is 0.746. The Kier molecular flexibility index (Phi) is 7.18. The second kappa shape index (κ2) is 8.68. The average molecular weight is 344 g/mol. The van der Waals surface area contributed by atoms with Gasteiger partial charge in [0.05, 0.1) is 6.54 Å². The minimum absolute atomic E-state index is 0. The van der Waals surface area contributed by atoms with Crippen LogP contribution in [0.25, 0.3) is 0 Å². The van der Waals surface area contributed by atoms with Gasteiger partial charge < -0.3 is 10.6 Å². The highest BCUT2D eigenvalue weighted by Crippen LogP contribution is 2.49. The number of nitrogens with one attached hydrogen (secondary N) is 2. The van der Waals surface area contributed by atoms with E-state index in [2.05, 4.69) is 29.4 Å². The van der Waals surface area contributed by atoms with E-state index in [9.17, 15) is 4.79 Å². The van der Waals surface area contributed by atoms with Gasteiger partial charge in [0.15, 0.2) is 0 Å². The zero-order valence-electron chi connectivity index (χ0n) is 14.7. The van der Waals surface area contributed by atoms with Crippen LogP contribution in [0.15, 0.2) is 0 Å². The van der Waals surface area contributed by atoms with E-state index >= 15 is 0 Å². The Morgan fingerprint density at radius 2 is 2.13 bits per heavy atom. The van der Waals surface area contributed by atoms with E-state index < -0.39 is 0 Å². The minimum atomic E-state index is 0. The van der Waals surface area contributed by atoms with Crippen molar-refractivity contribution in [3.8, 4) is 0 Å². The number of halogens is 1. The lowest BCUT2D eigenvalue weighted by molar-refractivity contribution is -0.123. The van der Waals surface area contributed by atoms with E-state index in [1.54, 1.807) is 0 Å². The van der Waals surface area contributed by atoms with Crippen LogP contribution < -0.4 is 10.6 Å². The fourth-order valence-electron chi connectivity index (χ4n) is 5.13. The molecule has 2 N–H and O–H groups in total. The maximum atomic E-state index is 12.5. The number of carbonyl (C=O) groups is 1. The van der Waals surface area contributed by atoms with Gasteiger partial charge >= 0.3 is 0 Å². The molecule has 5 unspecified atom stereocenters. The summed E-state index contributed by atoms with van der Waals surface area (Å²) in [5.41, 5.74) is 0. The van der Waals surface area contributed by atoms with Crippen molar-refractivity contribution in [1.29, 1.82) is 0 Å². The van der Waals surface area contributed by atoms with Gasteiger partial charge in [-0.2, -0.15) is 0 Å². The molecular formula is C18H34ClN3O. The molecule has 134 valence electrons. The number of hydrogen-bond acceptors (Lipinski definition) is 3. The number of amides is 1. The van der Waals surface area contributed by atoms with Gasteiger partial charge in [0.1, 0.15) is 0 Å². The van der Waals surface area contributed by atoms with Crippen molar-refractivity contribution in [1.82, 2.24) is 15.5 Å². The zero-order chi connectivity index (χ0) is 15.5. The molecule has 0 radical (unpaired) electrons. The lowest BCUT2D eigenvalue weighted by Gasteiger charge is -2.31. The number of nitrogens with zero attached hydrogens (tertiary/aromatic N) is 1. The number of carbonyl (C=O) groups excluding carboxylic acids is 1. The summed E-state index contributed by atoms with van der Waals surface area (Å²) in [6.07, 6.45) is 7.88. The minimum Gasteiger partial charge on any atom is -0.352 e. The van der Waals surface area contributed by atoms with Crippen molar-refractivity contribution in [2.75, 3.05) is 26.2 Å². The highest BCUT2D eigenvalue weighted by atomic mass is 35.5. The summed E-state index contributed by atoms with van der Waals surface area (Å²) in [4.78, 5) is 14.9. The molecule has 1 saturated heterocycles. The fourth-order valence-corrected chi connectivity index (χ4v) is 5.13. The molecular weight excluding hydrogens is 310 g/mol. The molecule has 1 aliphatic heterocycles. The highest BCUT2D eigenvalue weighted by Gasteiger charge is 2.42. The molecule has 5 atom stereocenters. The monoisotopic (exact) mass is 343 g/mol. The number of fused-ring (bicyclic) bond motifs is 2. The smallest absolute Gasteiger partial charge is 0.234 e. The maximum absolute atomic E-state index is 12.5. The molecule has 23 heavy (non-hydrogen) atoms. The van der Waals surface area contributed by atoms with Gasteiger partial charge in [0, 0.05) is 18.6 Å². The third-order valence-electron chi connectivity index (χ3n) is 6.23. The zero-order valence-corrected chi connectivity index (χ0v) is 15.5. The van der Waals surface area contributed by atoms with E-state index in [0.717, 1.165) is 43.8 Å². The van der Waals surface area contributed by atoms with Crippen molar-refractivity contribution in [2.24, 2.45) is 17.8 Å². The first-order chi connectivity index (χ1) is 10.7. The molecule has 0 aromatic heterocycles. The second-order valence-corrected chi connectivity index (χ2v) is 7.81. The number of rotatable bonds is 7. The molecule has 4 nitrogen and oxygen atoms in total. The third kappa shape index (κ3) is 4.61. The van der Waals surface area contributed by atoms with Crippen LogP contribution in [0.4, 0.5) is 0 Å². The van der Waals surface area contributed by atoms with Crippen LogP contribution in [0.5, 0.6) is 0 Å². The van der Waals surface area contributed by atoms with Gasteiger partial charge in [-0.3, -0.25) is 9.69 Å². The van der Waals surface area contributed by atoms with Gasteiger partial charge in [-0.15, -0.1) is 12.4 Å². The van der Waals surface area contributed by atoms with E-state index in [-0.39, 0.29) is 18.3 Å². The molecule has 1 amide bonds. The molecule has 5 heteroatoms. The van der Waals surface area contributed by atoms with Crippen LogP contribution in [0.2, 0.25) is 0 Å². The normalized spacial score (nSPS) is 33.7. The van der Waals surface area contributed by atoms with E-state index in [1.807, 2.05) is 0 Å². The van der Waals surface area contributed by atoms with Crippen molar-refractivity contribution in [2.45, 2.75) is 64.5 Å². The van der Waals surface area contributed by atoms with Gasteiger partial charge in [0.2, 0.25) is 5.91 Å². The highest BCUT2D eigenvalue weighted by molar-refractivity contribution is 5.85. The second-order valence-electron chi connectivity index (χ2n) is 7.81. The Labute approximate surface area is 147 Å². The van der Waals surface area contributed by atoms with Gasteiger partial charge in [-0.1, -0.05) is 13.3 Å². The van der Waals surface area contributed by atoms with Crippen LogP contribution in [0.3, 0.4) is 0 Å². The summed E-state index contributed by atoms with van der Waals surface area (Å²) in [7, 11) is 0. The first-order valence-electron chi connectivity index (χ1n) is 9.41. The SMILES string of the molecule is CCCN(CC(=O)NC(C)C1CC2CCC1C2)C1CCNC1.Cl. The first kappa shape index (κ1) is 19.0. The number of hydrogen-bond donors (Lipinski definition) is 2.